The summed E-state index contributed by atoms with van der Waals surface area (Å²) in [6, 6.07) is 5.52. The molecule has 0 aliphatic carbocycles. The number of benzene rings is 1. The second kappa shape index (κ2) is 6.41. The first-order chi connectivity index (χ1) is 9.83. The van der Waals surface area contributed by atoms with E-state index in [0.29, 0.717) is 30.3 Å². The summed E-state index contributed by atoms with van der Waals surface area (Å²) in [5.41, 5.74) is 7.11. The minimum absolute atomic E-state index is 0.0421. The highest BCUT2D eigenvalue weighted by atomic mass is 32.1. The van der Waals surface area contributed by atoms with Crippen LogP contribution in [-0.4, -0.2) is 23.1 Å². The number of nitrogen functional groups attached to an aromatic ring is 1. The maximum Gasteiger partial charge on any atom is 0.226 e. The number of hydrogen-bond donors (Lipinski definition) is 2. The molecule has 5 nitrogen and oxygen atoms in total. The van der Waals surface area contributed by atoms with Crippen molar-refractivity contribution >= 4 is 38.3 Å². The van der Waals surface area contributed by atoms with Crippen LogP contribution < -0.4 is 11.1 Å². The van der Waals surface area contributed by atoms with E-state index in [1.807, 2.05) is 32.9 Å². The first-order valence-electron chi connectivity index (χ1n) is 6.93. The van der Waals surface area contributed by atoms with Crippen LogP contribution in [0.25, 0.3) is 10.2 Å². The molecule has 2 aromatic rings. The van der Waals surface area contributed by atoms with Crippen molar-refractivity contribution in [3.8, 4) is 0 Å². The summed E-state index contributed by atoms with van der Waals surface area (Å²) < 4.78 is 6.56. The highest BCUT2D eigenvalue weighted by Crippen LogP contribution is 2.27. The zero-order valence-corrected chi connectivity index (χ0v) is 13.4. The predicted molar refractivity (Wildman–Crippen MR) is 87.6 cm³/mol. The van der Waals surface area contributed by atoms with E-state index in [0.717, 1.165) is 10.2 Å². The molecule has 0 aliphatic rings. The molecule has 0 radical (unpaired) electrons. The first kappa shape index (κ1) is 15.7. The van der Waals surface area contributed by atoms with Gasteiger partial charge in [0.05, 0.1) is 15.8 Å². The molecule has 0 fully saturated rings. The molecule has 3 N–H and O–H groups in total. The molecule has 0 atom stereocenters. The van der Waals surface area contributed by atoms with Gasteiger partial charge in [0.25, 0.3) is 0 Å². The molecule has 0 saturated heterocycles. The predicted octanol–water partition coefficient (Wildman–Crippen LogP) is 3.41. The van der Waals surface area contributed by atoms with Crippen LogP contribution in [0, 0.1) is 0 Å². The minimum Gasteiger partial charge on any atom is -0.399 e. The third kappa shape index (κ3) is 4.99. The van der Waals surface area contributed by atoms with Crippen LogP contribution in [0.2, 0.25) is 0 Å². The smallest absolute Gasteiger partial charge is 0.226 e. The summed E-state index contributed by atoms with van der Waals surface area (Å²) in [5, 5.41) is 3.43. The third-order valence-electron chi connectivity index (χ3n) is 2.74. The number of amides is 1. The van der Waals surface area contributed by atoms with Gasteiger partial charge in [0.15, 0.2) is 5.13 Å². The van der Waals surface area contributed by atoms with Gasteiger partial charge in [0, 0.05) is 18.7 Å². The van der Waals surface area contributed by atoms with E-state index in [9.17, 15) is 4.79 Å². The van der Waals surface area contributed by atoms with Crippen molar-refractivity contribution < 1.29 is 9.53 Å². The van der Waals surface area contributed by atoms with Crippen molar-refractivity contribution in [2.24, 2.45) is 0 Å². The lowest BCUT2D eigenvalue weighted by Crippen LogP contribution is -2.20. The van der Waals surface area contributed by atoms with Crippen molar-refractivity contribution in [2.45, 2.75) is 39.2 Å². The molecule has 0 unspecified atom stereocenters. The largest absolute Gasteiger partial charge is 0.399 e. The average Bonchev–Trinajstić information content (AvgIpc) is 2.74. The number of anilines is 2. The van der Waals surface area contributed by atoms with E-state index < -0.39 is 0 Å². The number of ether oxygens (including phenoxy) is 1. The number of hydrogen-bond acceptors (Lipinski definition) is 5. The van der Waals surface area contributed by atoms with Gasteiger partial charge in [-0.15, -0.1) is 0 Å². The number of nitrogens with one attached hydrogen (secondary N) is 1. The molecule has 1 aromatic heterocycles. The van der Waals surface area contributed by atoms with Gasteiger partial charge in [0.1, 0.15) is 0 Å². The summed E-state index contributed by atoms with van der Waals surface area (Å²) in [6.45, 7) is 6.58. The molecular formula is C15H21N3O2S. The van der Waals surface area contributed by atoms with Crippen LogP contribution >= 0.6 is 11.3 Å². The number of rotatable bonds is 5. The number of nitrogens with two attached hydrogens (primary N) is 1. The summed E-state index contributed by atoms with van der Waals surface area (Å²) in [6.07, 6.45) is 1.12. The Labute approximate surface area is 128 Å². The Morgan fingerprint density at radius 3 is 2.90 bits per heavy atom. The molecule has 1 aromatic carbocycles. The quantitative estimate of drug-likeness (QED) is 0.655. The highest BCUT2D eigenvalue weighted by Gasteiger charge is 2.11. The Kier molecular flexibility index (Phi) is 4.80. The SMILES string of the molecule is CC(C)(C)OCCCC(=O)Nc1nc2ccc(N)cc2s1. The summed E-state index contributed by atoms with van der Waals surface area (Å²) in [5.74, 6) is -0.0421. The normalized spacial score (nSPS) is 11.8. The van der Waals surface area contributed by atoms with Gasteiger partial charge in [-0.2, -0.15) is 0 Å². The Hall–Kier alpha value is -1.66. The molecule has 0 aliphatic heterocycles. The lowest BCUT2D eigenvalue weighted by atomic mass is 10.2. The standard InChI is InChI=1S/C15H21N3O2S/c1-15(2,3)20-8-4-5-13(19)18-14-17-11-7-6-10(16)9-12(11)21-14/h6-7,9H,4-5,8,16H2,1-3H3,(H,17,18,19). The molecule has 0 bridgehead atoms. The van der Waals surface area contributed by atoms with Gasteiger partial charge in [-0.25, -0.2) is 4.98 Å². The number of thiazole rings is 1. The summed E-state index contributed by atoms with van der Waals surface area (Å²) in [7, 11) is 0. The van der Waals surface area contributed by atoms with E-state index in [2.05, 4.69) is 10.3 Å². The molecule has 1 heterocycles. The average molecular weight is 307 g/mol. The molecule has 0 saturated carbocycles. The fourth-order valence-corrected chi connectivity index (χ4v) is 2.72. The molecule has 21 heavy (non-hydrogen) atoms. The van der Waals surface area contributed by atoms with Crippen LogP contribution in [0.1, 0.15) is 33.6 Å². The number of fused-ring (bicyclic) bond motifs is 1. The van der Waals surface area contributed by atoms with Crippen LogP contribution in [0.15, 0.2) is 18.2 Å². The van der Waals surface area contributed by atoms with Crippen LogP contribution in [0.5, 0.6) is 0 Å². The lowest BCUT2D eigenvalue weighted by Gasteiger charge is -2.19. The number of carbonyl (C=O) groups is 1. The summed E-state index contributed by atoms with van der Waals surface area (Å²) >= 11 is 1.43. The molecule has 114 valence electrons. The summed E-state index contributed by atoms with van der Waals surface area (Å²) in [4.78, 5) is 16.2. The Morgan fingerprint density at radius 1 is 1.43 bits per heavy atom. The van der Waals surface area contributed by atoms with Gasteiger partial charge in [0.2, 0.25) is 5.91 Å². The molecular weight excluding hydrogens is 286 g/mol. The van der Waals surface area contributed by atoms with E-state index in [1.54, 1.807) is 6.07 Å². The monoisotopic (exact) mass is 307 g/mol. The molecule has 0 spiro atoms. The van der Waals surface area contributed by atoms with Gasteiger partial charge in [-0.3, -0.25) is 4.79 Å². The fraction of sp³-hybridized carbons (Fsp3) is 0.467. The molecule has 2 rings (SSSR count). The van der Waals surface area contributed by atoms with E-state index in [-0.39, 0.29) is 11.5 Å². The van der Waals surface area contributed by atoms with Crippen LogP contribution in [0.4, 0.5) is 10.8 Å². The van der Waals surface area contributed by atoms with Crippen molar-refractivity contribution in [3.05, 3.63) is 18.2 Å². The second-order valence-electron chi connectivity index (χ2n) is 5.86. The van der Waals surface area contributed by atoms with Gasteiger partial charge in [-0.05, 0) is 45.4 Å². The Bertz CT molecular complexity index is 631. The van der Waals surface area contributed by atoms with Crippen LogP contribution in [0.3, 0.4) is 0 Å². The number of aromatic nitrogens is 1. The Morgan fingerprint density at radius 2 is 2.19 bits per heavy atom. The maximum absolute atomic E-state index is 11.9. The van der Waals surface area contributed by atoms with Crippen molar-refractivity contribution in [3.63, 3.8) is 0 Å². The van der Waals surface area contributed by atoms with Gasteiger partial charge >= 0.3 is 0 Å². The minimum atomic E-state index is -0.163. The first-order valence-corrected chi connectivity index (χ1v) is 7.75. The number of nitrogens with zero attached hydrogens (tertiary/aromatic N) is 1. The van der Waals surface area contributed by atoms with Crippen molar-refractivity contribution in [1.82, 2.24) is 4.98 Å². The second-order valence-corrected chi connectivity index (χ2v) is 6.89. The fourth-order valence-electron chi connectivity index (χ4n) is 1.79. The van der Waals surface area contributed by atoms with Gasteiger partial charge < -0.3 is 15.8 Å². The van der Waals surface area contributed by atoms with E-state index in [1.165, 1.54) is 11.3 Å². The highest BCUT2D eigenvalue weighted by molar-refractivity contribution is 7.22. The number of carbonyl (C=O) groups excluding carboxylic acids is 1. The third-order valence-corrected chi connectivity index (χ3v) is 3.68. The topological polar surface area (TPSA) is 77.2 Å². The Balaban J connectivity index is 1.84. The lowest BCUT2D eigenvalue weighted by molar-refractivity contribution is -0.116. The van der Waals surface area contributed by atoms with Crippen molar-refractivity contribution in [1.29, 1.82) is 0 Å². The van der Waals surface area contributed by atoms with Crippen molar-refractivity contribution in [2.75, 3.05) is 17.7 Å². The maximum atomic E-state index is 11.9. The zero-order chi connectivity index (χ0) is 15.5. The zero-order valence-electron chi connectivity index (χ0n) is 12.6. The van der Waals surface area contributed by atoms with E-state index in [4.69, 9.17) is 10.5 Å². The van der Waals surface area contributed by atoms with Crippen LogP contribution in [-0.2, 0) is 9.53 Å². The molecule has 1 amide bonds. The molecule has 6 heteroatoms. The van der Waals surface area contributed by atoms with E-state index >= 15 is 0 Å². The van der Waals surface area contributed by atoms with Gasteiger partial charge in [-0.1, -0.05) is 11.3 Å².